The molecule has 3 aromatic rings. The highest BCUT2D eigenvalue weighted by Gasteiger charge is 2.20. The molecule has 0 atom stereocenters. The minimum Gasteiger partial charge on any atom is -0.352 e. The number of pyridine rings is 1. The number of carbonyl (C=O) groups is 1. The first kappa shape index (κ1) is 16.6. The normalized spacial score (nSPS) is 14.8. The highest BCUT2D eigenvalue weighted by Crippen LogP contribution is 2.18. The van der Waals surface area contributed by atoms with Gasteiger partial charge in [0.15, 0.2) is 5.65 Å². The fourth-order valence-electron chi connectivity index (χ4n) is 3.65. The molecule has 26 heavy (non-hydrogen) atoms. The molecule has 1 fully saturated rings. The molecule has 6 heteroatoms. The van der Waals surface area contributed by atoms with Gasteiger partial charge in [-0.2, -0.15) is 0 Å². The topological polar surface area (TPSA) is 68.9 Å². The number of fused-ring (bicyclic) bond motifs is 1. The van der Waals surface area contributed by atoms with Gasteiger partial charge in [0.2, 0.25) is 5.91 Å². The van der Waals surface area contributed by atoms with Crippen molar-refractivity contribution in [1.29, 1.82) is 0 Å². The van der Waals surface area contributed by atoms with Crippen molar-refractivity contribution >= 4 is 17.1 Å². The Labute approximate surface area is 151 Å². The third-order valence-corrected chi connectivity index (χ3v) is 5.01. The summed E-state index contributed by atoms with van der Waals surface area (Å²) in [7, 11) is 0. The van der Waals surface area contributed by atoms with Gasteiger partial charge in [0.05, 0.1) is 11.2 Å². The third-order valence-electron chi connectivity index (χ3n) is 5.01. The van der Waals surface area contributed by atoms with E-state index < -0.39 is 0 Å². The number of hydrogen-bond donors (Lipinski definition) is 1. The van der Waals surface area contributed by atoms with Crippen LogP contribution in [0.3, 0.4) is 0 Å². The number of hydrogen-bond acceptors (Lipinski definition) is 3. The molecule has 1 aliphatic rings. The van der Waals surface area contributed by atoms with E-state index in [1.807, 2.05) is 37.3 Å². The van der Waals surface area contributed by atoms with E-state index in [0.717, 1.165) is 36.9 Å². The van der Waals surface area contributed by atoms with Gasteiger partial charge in [0.1, 0.15) is 6.54 Å². The highest BCUT2D eigenvalue weighted by molar-refractivity contribution is 5.80. The van der Waals surface area contributed by atoms with Gasteiger partial charge in [-0.25, -0.2) is 14.3 Å². The molecule has 1 aliphatic carbocycles. The molecule has 4 rings (SSSR count). The van der Waals surface area contributed by atoms with E-state index in [0.29, 0.717) is 11.2 Å². The lowest BCUT2D eigenvalue weighted by Gasteiger charge is -2.12. The van der Waals surface area contributed by atoms with Crippen molar-refractivity contribution in [2.24, 2.45) is 0 Å². The quantitative estimate of drug-likeness (QED) is 0.786. The van der Waals surface area contributed by atoms with Gasteiger partial charge in [-0.05, 0) is 44.0 Å². The summed E-state index contributed by atoms with van der Waals surface area (Å²) in [4.78, 5) is 29.9. The molecule has 1 amide bonds. The zero-order chi connectivity index (χ0) is 18.1. The summed E-state index contributed by atoms with van der Waals surface area (Å²) >= 11 is 0. The average Bonchev–Trinajstić information content (AvgIpc) is 3.23. The van der Waals surface area contributed by atoms with Gasteiger partial charge in [0.25, 0.3) is 0 Å². The Morgan fingerprint density at radius 2 is 1.92 bits per heavy atom. The molecule has 0 saturated heterocycles. The predicted octanol–water partition coefficient (Wildman–Crippen LogP) is 2.55. The second kappa shape index (κ2) is 6.78. The van der Waals surface area contributed by atoms with Gasteiger partial charge >= 0.3 is 5.69 Å². The summed E-state index contributed by atoms with van der Waals surface area (Å²) in [6, 6.07) is 11.6. The van der Waals surface area contributed by atoms with Crippen LogP contribution in [0.4, 0.5) is 0 Å². The van der Waals surface area contributed by atoms with Crippen molar-refractivity contribution in [1.82, 2.24) is 19.4 Å². The van der Waals surface area contributed by atoms with E-state index in [1.165, 1.54) is 4.57 Å². The Kier molecular flexibility index (Phi) is 4.32. The molecule has 6 nitrogen and oxygen atoms in total. The molecule has 134 valence electrons. The number of benzene rings is 1. The van der Waals surface area contributed by atoms with Gasteiger partial charge < -0.3 is 5.32 Å². The summed E-state index contributed by atoms with van der Waals surface area (Å²) in [5, 5.41) is 3.05. The largest absolute Gasteiger partial charge is 0.352 e. The Morgan fingerprint density at radius 1 is 1.19 bits per heavy atom. The second-order valence-electron chi connectivity index (χ2n) is 6.93. The number of aryl methyl sites for hydroxylation is 1. The SMILES string of the molecule is Cc1ccc(-n2c(=O)n(CC(=O)NC3CCCC3)c3cccnc32)cc1. The van der Waals surface area contributed by atoms with Crippen LogP contribution in [0, 0.1) is 6.92 Å². The first-order valence-corrected chi connectivity index (χ1v) is 9.06. The molecule has 2 aromatic heterocycles. The first-order chi connectivity index (χ1) is 12.6. The molecule has 0 spiro atoms. The molecule has 1 N–H and O–H groups in total. The number of nitrogens with one attached hydrogen (secondary N) is 1. The standard InChI is InChI=1S/C20H22N4O2/c1-14-8-10-16(11-9-14)24-19-17(7-4-12-21-19)23(20(24)26)13-18(25)22-15-5-2-3-6-15/h4,7-12,15H,2-3,5-6,13H2,1H3,(H,22,25). The minimum atomic E-state index is -0.246. The van der Waals surface area contributed by atoms with Crippen molar-refractivity contribution < 1.29 is 4.79 Å². The first-order valence-electron chi connectivity index (χ1n) is 9.06. The van der Waals surface area contributed by atoms with Crippen molar-refractivity contribution in [2.75, 3.05) is 0 Å². The highest BCUT2D eigenvalue weighted by atomic mass is 16.2. The van der Waals surface area contributed by atoms with E-state index >= 15 is 0 Å². The van der Waals surface area contributed by atoms with Crippen LogP contribution in [0.15, 0.2) is 47.4 Å². The Morgan fingerprint density at radius 3 is 2.65 bits per heavy atom. The lowest BCUT2D eigenvalue weighted by Crippen LogP contribution is -2.37. The lowest BCUT2D eigenvalue weighted by molar-refractivity contribution is -0.122. The Hall–Kier alpha value is -2.89. The molecule has 0 bridgehead atoms. The van der Waals surface area contributed by atoms with Crippen LogP contribution in [-0.4, -0.2) is 26.1 Å². The fourth-order valence-corrected chi connectivity index (χ4v) is 3.65. The molecule has 0 radical (unpaired) electrons. The van der Waals surface area contributed by atoms with Crippen LogP contribution >= 0.6 is 0 Å². The number of amides is 1. The zero-order valence-electron chi connectivity index (χ0n) is 14.8. The number of imidazole rings is 1. The lowest BCUT2D eigenvalue weighted by atomic mass is 10.2. The molecular formula is C20H22N4O2. The summed E-state index contributed by atoms with van der Waals surface area (Å²) < 4.78 is 3.07. The van der Waals surface area contributed by atoms with Crippen LogP contribution in [-0.2, 0) is 11.3 Å². The molecular weight excluding hydrogens is 328 g/mol. The van der Waals surface area contributed by atoms with Crippen molar-refractivity contribution in [3.63, 3.8) is 0 Å². The monoisotopic (exact) mass is 350 g/mol. The van der Waals surface area contributed by atoms with Crippen molar-refractivity contribution in [3.8, 4) is 5.69 Å². The maximum Gasteiger partial charge on any atom is 0.335 e. The van der Waals surface area contributed by atoms with E-state index in [9.17, 15) is 9.59 Å². The van der Waals surface area contributed by atoms with Crippen molar-refractivity contribution in [3.05, 3.63) is 58.6 Å². The van der Waals surface area contributed by atoms with Crippen LogP contribution < -0.4 is 11.0 Å². The number of aromatic nitrogens is 3. The number of rotatable bonds is 4. The summed E-state index contributed by atoms with van der Waals surface area (Å²) in [5.74, 6) is -0.120. The van der Waals surface area contributed by atoms with Gasteiger partial charge in [-0.15, -0.1) is 0 Å². The van der Waals surface area contributed by atoms with Crippen LogP contribution in [0.5, 0.6) is 0 Å². The van der Waals surface area contributed by atoms with Gasteiger partial charge in [-0.3, -0.25) is 9.36 Å². The van der Waals surface area contributed by atoms with Gasteiger partial charge in [-0.1, -0.05) is 30.5 Å². The molecule has 0 aliphatic heterocycles. The predicted molar refractivity (Wildman–Crippen MR) is 100 cm³/mol. The maximum atomic E-state index is 13.1. The zero-order valence-corrected chi connectivity index (χ0v) is 14.8. The third kappa shape index (κ3) is 3.03. The summed E-state index contributed by atoms with van der Waals surface area (Å²) in [6.45, 7) is 2.01. The number of nitrogens with zero attached hydrogens (tertiary/aromatic N) is 3. The summed E-state index contributed by atoms with van der Waals surface area (Å²) in [5.41, 5.74) is 2.85. The second-order valence-corrected chi connectivity index (χ2v) is 6.93. The molecule has 1 saturated carbocycles. The van der Waals surface area contributed by atoms with Gasteiger partial charge in [0, 0.05) is 12.2 Å². The van der Waals surface area contributed by atoms with Crippen LogP contribution in [0.1, 0.15) is 31.2 Å². The molecule has 2 heterocycles. The average molecular weight is 350 g/mol. The molecule has 1 aromatic carbocycles. The van der Waals surface area contributed by atoms with E-state index in [4.69, 9.17) is 0 Å². The van der Waals surface area contributed by atoms with Crippen LogP contribution in [0.2, 0.25) is 0 Å². The summed E-state index contributed by atoms with van der Waals surface area (Å²) in [6.07, 6.45) is 6.01. The minimum absolute atomic E-state index is 0.0103. The Bertz CT molecular complexity index is 995. The van der Waals surface area contributed by atoms with Crippen LogP contribution in [0.25, 0.3) is 16.9 Å². The van der Waals surface area contributed by atoms with E-state index in [2.05, 4.69) is 10.3 Å². The van der Waals surface area contributed by atoms with Crippen molar-refractivity contribution in [2.45, 2.75) is 45.2 Å². The fraction of sp³-hybridized carbons (Fsp3) is 0.350. The maximum absolute atomic E-state index is 13.1. The van der Waals surface area contributed by atoms with E-state index in [-0.39, 0.29) is 24.2 Å². The smallest absolute Gasteiger partial charge is 0.335 e. The number of carbonyl (C=O) groups excluding carboxylic acids is 1. The molecule has 0 unspecified atom stereocenters. The Balaban J connectivity index is 1.73. The van der Waals surface area contributed by atoms with E-state index in [1.54, 1.807) is 16.8 Å².